The highest BCUT2D eigenvalue weighted by Crippen LogP contribution is 2.44. The van der Waals surface area contributed by atoms with E-state index in [1.165, 1.54) is 25.7 Å². The number of carbonyl (C=O) groups is 1. The van der Waals surface area contributed by atoms with Gasteiger partial charge in [-0.2, -0.15) is 0 Å². The zero-order chi connectivity index (χ0) is 11.8. The Morgan fingerprint density at radius 1 is 1.25 bits per heavy atom. The van der Waals surface area contributed by atoms with Crippen molar-refractivity contribution in [1.29, 1.82) is 0 Å². The molecule has 0 aromatic carbocycles. The molecule has 0 aliphatic heterocycles. The SMILES string of the molecule is CC(C)(C)NC(=O)CNC1CC2CCC1C2. The number of carbonyl (C=O) groups excluding carboxylic acids is 1. The molecule has 3 nitrogen and oxygen atoms in total. The van der Waals surface area contributed by atoms with E-state index in [1.54, 1.807) is 0 Å². The quantitative estimate of drug-likeness (QED) is 0.766. The van der Waals surface area contributed by atoms with Crippen LogP contribution in [0.2, 0.25) is 0 Å². The molecule has 3 unspecified atom stereocenters. The standard InChI is InChI=1S/C13H24N2O/c1-13(2,3)15-12(16)8-14-11-7-9-4-5-10(11)6-9/h9-11,14H,4-8H2,1-3H3,(H,15,16). The molecule has 3 atom stereocenters. The van der Waals surface area contributed by atoms with Crippen molar-refractivity contribution < 1.29 is 4.79 Å². The molecule has 2 saturated carbocycles. The van der Waals surface area contributed by atoms with E-state index in [2.05, 4.69) is 10.6 Å². The molecular weight excluding hydrogens is 200 g/mol. The van der Waals surface area contributed by atoms with E-state index in [0.29, 0.717) is 12.6 Å². The Morgan fingerprint density at radius 3 is 2.50 bits per heavy atom. The van der Waals surface area contributed by atoms with Gasteiger partial charge in [-0.05, 0) is 51.9 Å². The van der Waals surface area contributed by atoms with Gasteiger partial charge in [0.15, 0.2) is 0 Å². The third-order valence-corrected chi connectivity index (χ3v) is 3.78. The van der Waals surface area contributed by atoms with Crippen molar-refractivity contribution in [1.82, 2.24) is 10.6 Å². The first kappa shape index (κ1) is 11.9. The molecule has 16 heavy (non-hydrogen) atoms. The first-order chi connectivity index (χ1) is 7.44. The monoisotopic (exact) mass is 224 g/mol. The summed E-state index contributed by atoms with van der Waals surface area (Å²) in [5, 5.41) is 6.41. The van der Waals surface area contributed by atoms with Crippen LogP contribution in [-0.2, 0) is 4.79 Å². The molecule has 0 saturated heterocycles. The van der Waals surface area contributed by atoms with Crippen molar-refractivity contribution in [3.8, 4) is 0 Å². The Balaban J connectivity index is 1.70. The van der Waals surface area contributed by atoms with Crippen LogP contribution in [0, 0.1) is 11.8 Å². The van der Waals surface area contributed by atoms with Crippen LogP contribution < -0.4 is 10.6 Å². The minimum atomic E-state index is -0.118. The lowest BCUT2D eigenvalue weighted by atomic mass is 9.95. The number of nitrogens with one attached hydrogen (secondary N) is 2. The van der Waals surface area contributed by atoms with Crippen LogP contribution in [0.15, 0.2) is 0 Å². The molecule has 2 rings (SSSR count). The summed E-state index contributed by atoms with van der Waals surface area (Å²) < 4.78 is 0. The molecular formula is C13H24N2O. The van der Waals surface area contributed by atoms with Gasteiger partial charge in [0.2, 0.25) is 5.91 Å². The Hall–Kier alpha value is -0.570. The predicted molar refractivity (Wildman–Crippen MR) is 65.1 cm³/mol. The second-order valence-electron chi connectivity index (χ2n) is 6.46. The summed E-state index contributed by atoms with van der Waals surface area (Å²) in [6.07, 6.45) is 5.45. The number of hydrogen-bond acceptors (Lipinski definition) is 2. The summed E-state index contributed by atoms with van der Waals surface area (Å²) in [5.74, 6) is 1.90. The van der Waals surface area contributed by atoms with E-state index in [1.807, 2.05) is 20.8 Å². The molecule has 2 N–H and O–H groups in total. The van der Waals surface area contributed by atoms with Gasteiger partial charge in [0.05, 0.1) is 6.54 Å². The van der Waals surface area contributed by atoms with Gasteiger partial charge in [0.1, 0.15) is 0 Å². The van der Waals surface area contributed by atoms with Gasteiger partial charge in [-0.25, -0.2) is 0 Å². The molecule has 0 radical (unpaired) electrons. The lowest BCUT2D eigenvalue weighted by molar-refractivity contribution is -0.121. The lowest BCUT2D eigenvalue weighted by Crippen LogP contribution is -2.47. The number of amides is 1. The van der Waals surface area contributed by atoms with Crippen LogP contribution in [0.25, 0.3) is 0 Å². The zero-order valence-electron chi connectivity index (χ0n) is 10.7. The second kappa shape index (κ2) is 4.36. The van der Waals surface area contributed by atoms with Gasteiger partial charge in [-0.1, -0.05) is 6.42 Å². The van der Waals surface area contributed by atoms with E-state index in [9.17, 15) is 4.79 Å². The van der Waals surface area contributed by atoms with Crippen molar-refractivity contribution in [2.24, 2.45) is 11.8 Å². The first-order valence-electron chi connectivity index (χ1n) is 6.48. The van der Waals surface area contributed by atoms with Gasteiger partial charge in [0, 0.05) is 11.6 Å². The van der Waals surface area contributed by atoms with Crippen molar-refractivity contribution in [3.05, 3.63) is 0 Å². The minimum Gasteiger partial charge on any atom is -0.350 e. The summed E-state index contributed by atoms with van der Waals surface area (Å²) in [6.45, 7) is 6.53. The summed E-state index contributed by atoms with van der Waals surface area (Å²) in [5.41, 5.74) is -0.118. The van der Waals surface area contributed by atoms with E-state index < -0.39 is 0 Å². The van der Waals surface area contributed by atoms with E-state index >= 15 is 0 Å². The maximum absolute atomic E-state index is 11.6. The predicted octanol–water partition coefficient (Wildman–Crippen LogP) is 1.68. The van der Waals surface area contributed by atoms with Gasteiger partial charge in [-0.3, -0.25) is 4.79 Å². The van der Waals surface area contributed by atoms with E-state index in [-0.39, 0.29) is 11.4 Å². The molecule has 0 aromatic heterocycles. The number of hydrogen-bond donors (Lipinski definition) is 2. The molecule has 92 valence electrons. The van der Waals surface area contributed by atoms with E-state index in [0.717, 1.165) is 11.8 Å². The maximum atomic E-state index is 11.6. The fourth-order valence-electron chi connectivity index (χ4n) is 3.18. The Labute approximate surface area is 98.4 Å². The lowest BCUT2D eigenvalue weighted by Gasteiger charge is -2.25. The molecule has 2 bridgehead atoms. The second-order valence-corrected chi connectivity index (χ2v) is 6.46. The van der Waals surface area contributed by atoms with Crippen LogP contribution in [0.1, 0.15) is 46.5 Å². The van der Waals surface area contributed by atoms with Gasteiger partial charge in [-0.15, -0.1) is 0 Å². The molecule has 0 heterocycles. The maximum Gasteiger partial charge on any atom is 0.234 e. The number of fused-ring (bicyclic) bond motifs is 2. The third-order valence-electron chi connectivity index (χ3n) is 3.78. The zero-order valence-corrected chi connectivity index (χ0v) is 10.7. The third kappa shape index (κ3) is 2.97. The average molecular weight is 224 g/mol. The first-order valence-corrected chi connectivity index (χ1v) is 6.48. The highest BCUT2D eigenvalue weighted by Gasteiger charge is 2.39. The number of rotatable bonds is 3. The molecule has 3 heteroatoms. The summed E-state index contributed by atoms with van der Waals surface area (Å²) in [7, 11) is 0. The summed E-state index contributed by atoms with van der Waals surface area (Å²) >= 11 is 0. The molecule has 2 fully saturated rings. The summed E-state index contributed by atoms with van der Waals surface area (Å²) in [6, 6.07) is 0.601. The summed E-state index contributed by atoms with van der Waals surface area (Å²) in [4.78, 5) is 11.6. The highest BCUT2D eigenvalue weighted by molar-refractivity contribution is 5.78. The molecule has 2 aliphatic rings. The Morgan fingerprint density at radius 2 is 2.00 bits per heavy atom. The fraction of sp³-hybridized carbons (Fsp3) is 0.923. The molecule has 1 amide bonds. The minimum absolute atomic E-state index is 0.118. The van der Waals surface area contributed by atoms with Crippen molar-refractivity contribution in [2.75, 3.05) is 6.54 Å². The molecule has 0 aromatic rings. The topological polar surface area (TPSA) is 41.1 Å². The van der Waals surface area contributed by atoms with Gasteiger partial charge >= 0.3 is 0 Å². The van der Waals surface area contributed by atoms with Crippen LogP contribution in [-0.4, -0.2) is 24.0 Å². The Bertz CT molecular complexity index is 270. The highest BCUT2D eigenvalue weighted by atomic mass is 16.2. The smallest absolute Gasteiger partial charge is 0.234 e. The molecule has 0 spiro atoms. The van der Waals surface area contributed by atoms with Crippen LogP contribution >= 0.6 is 0 Å². The largest absolute Gasteiger partial charge is 0.350 e. The van der Waals surface area contributed by atoms with Gasteiger partial charge < -0.3 is 10.6 Å². The van der Waals surface area contributed by atoms with Gasteiger partial charge in [0.25, 0.3) is 0 Å². The fourth-order valence-corrected chi connectivity index (χ4v) is 3.18. The normalized spacial score (nSPS) is 33.1. The van der Waals surface area contributed by atoms with E-state index in [4.69, 9.17) is 0 Å². The average Bonchev–Trinajstić information content (AvgIpc) is 2.72. The Kier molecular flexibility index (Phi) is 3.24. The van der Waals surface area contributed by atoms with Crippen LogP contribution in [0.4, 0.5) is 0 Å². The van der Waals surface area contributed by atoms with Crippen molar-refractivity contribution >= 4 is 5.91 Å². The molecule has 2 aliphatic carbocycles. The van der Waals surface area contributed by atoms with Crippen LogP contribution in [0.5, 0.6) is 0 Å². The van der Waals surface area contributed by atoms with Crippen LogP contribution in [0.3, 0.4) is 0 Å². The van der Waals surface area contributed by atoms with Crippen molar-refractivity contribution in [2.45, 2.75) is 58.0 Å². The van der Waals surface area contributed by atoms with Crippen molar-refractivity contribution in [3.63, 3.8) is 0 Å².